The van der Waals surface area contributed by atoms with Crippen molar-refractivity contribution in [2.45, 2.75) is 31.7 Å². The monoisotopic (exact) mass is 199 g/mol. The summed E-state index contributed by atoms with van der Waals surface area (Å²) in [6, 6.07) is -0.0807. The number of hydrogen-bond donors (Lipinski definition) is 0. The molecule has 1 aliphatic rings. The Hall–Kier alpha value is -0.900. The van der Waals surface area contributed by atoms with E-state index in [0.717, 1.165) is 25.8 Å². The maximum atomic E-state index is 11.6. The quantitative estimate of drug-likeness (QED) is 0.493. The first-order valence-electron chi connectivity index (χ1n) is 4.95. The molecule has 1 heterocycles. The number of hydrogen-bond acceptors (Lipinski definition) is 4. The van der Waals surface area contributed by atoms with Crippen molar-refractivity contribution in [3.63, 3.8) is 0 Å². The number of carbonyl (C=O) groups is 2. The van der Waals surface area contributed by atoms with Crippen LogP contribution in [0.4, 0.5) is 0 Å². The molecule has 1 aliphatic heterocycles. The Labute approximate surface area is 84.2 Å². The van der Waals surface area contributed by atoms with E-state index in [9.17, 15) is 9.59 Å². The van der Waals surface area contributed by atoms with Gasteiger partial charge < -0.3 is 4.74 Å². The van der Waals surface area contributed by atoms with Crippen molar-refractivity contribution in [3.05, 3.63) is 0 Å². The fourth-order valence-electron chi connectivity index (χ4n) is 1.81. The fourth-order valence-corrected chi connectivity index (χ4v) is 1.81. The van der Waals surface area contributed by atoms with Crippen LogP contribution >= 0.6 is 0 Å². The molecule has 0 N–H and O–H groups in total. The van der Waals surface area contributed by atoms with Crippen LogP contribution in [-0.4, -0.2) is 43.4 Å². The molecular weight excluding hydrogens is 182 g/mol. The minimum Gasteiger partial charge on any atom is -0.469 e. The summed E-state index contributed by atoms with van der Waals surface area (Å²) >= 11 is 0. The van der Waals surface area contributed by atoms with Gasteiger partial charge in [-0.05, 0) is 26.4 Å². The number of ketones is 1. The van der Waals surface area contributed by atoms with E-state index in [0.29, 0.717) is 0 Å². The van der Waals surface area contributed by atoms with E-state index in [1.54, 1.807) is 0 Å². The molecule has 0 spiro atoms. The Morgan fingerprint density at radius 2 is 2.14 bits per heavy atom. The van der Waals surface area contributed by atoms with Crippen LogP contribution in [0.15, 0.2) is 0 Å². The van der Waals surface area contributed by atoms with Gasteiger partial charge in [-0.15, -0.1) is 0 Å². The minimum absolute atomic E-state index is 0.0148. The molecule has 14 heavy (non-hydrogen) atoms. The van der Waals surface area contributed by atoms with Gasteiger partial charge in [-0.2, -0.15) is 0 Å². The lowest BCUT2D eigenvalue weighted by atomic mass is 9.97. The number of piperidine rings is 1. The molecule has 0 bridgehead atoms. The summed E-state index contributed by atoms with van der Waals surface area (Å²) in [4.78, 5) is 24.6. The first kappa shape index (κ1) is 11.2. The fraction of sp³-hybridized carbons (Fsp3) is 0.800. The predicted molar refractivity (Wildman–Crippen MR) is 51.9 cm³/mol. The molecule has 80 valence electrons. The molecule has 1 unspecified atom stereocenters. The van der Waals surface area contributed by atoms with Crippen molar-refractivity contribution in [2.75, 3.05) is 20.7 Å². The summed E-state index contributed by atoms with van der Waals surface area (Å²) in [5, 5.41) is 0. The highest BCUT2D eigenvalue weighted by Gasteiger charge is 2.27. The Morgan fingerprint density at radius 3 is 2.71 bits per heavy atom. The summed E-state index contributed by atoms with van der Waals surface area (Å²) in [5.41, 5.74) is 0. The van der Waals surface area contributed by atoms with Crippen LogP contribution in [0.1, 0.15) is 25.7 Å². The number of Topliss-reactive ketones (excluding diaryl/α,β-unsaturated/α-hetero) is 1. The standard InChI is InChI=1S/C10H17NO3/c1-11-6-4-3-5-8(11)9(12)7-10(13)14-2/h8H,3-7H2,1-2H3. The van der Waals surface area contributed by atoms with Crippen molar-refractivity contribution < 1.29 is 14.3 Å². The maximum Gasteiger partial charge on any atom is 0.313 e. The average molecular weight is 199 g/mol. The SMILES string of the molecule is COC(=O)CC(=O)C1CCCCN1C. The van der Waals surface area contributed by atoms with E-state index < -0.39 is 5.97 Å². The van der Waals surface area contributed by atoms with Crippen LogP contribution in [0.25, 0.3) is 0 Å². The van der Waals surface area contributed by atoms with Gasteiger partial charge in [0.1, 0.15) is 6.42 Å². The van der Waals surface area contributed by atoms with Crippen molar-refractivity contribution in [1.29, 1.82) is 0 Å². The van der Waals surface area contributed by atoms with E-state index in [4.69, 9.17) is 0 Å². The number of esters is 1. The zero-order valence-electron chi connectivity index (χ0n) is 8.78. The second kappa shape index (κ2) is 5.10. The first-order valence-corrected chi connectivity index (χ1v) is 4.95. The van der Waals surface area contributed by atoms with Crippen LogP contribution in [0.5, 0.6) is 0 Å². The summed E-state index contributed by atoms with van der Waals surface area (Å²) in [5.74, 6) is -0.451. The molecule has 0 saturated carbocycles. The zero-order chi connectivity index (χ0) is 10.6. The molecule has 1 saturated heterocycles. The number of ether oxygens (including phenoxy) is 1. The van der Waals surface area contributed by atoms with Gasteiger partial charge in [0.05, 0.1) is 13.2 Å². The second-order valence-electron chi connectivity index (χ2n) is 3.71. The third-order valence-electron chi connectivity index (χ3n) is 2.69. The maximum absolute atomic E-state index is 11.6. The van der Waals surface area contributed by atoms with Gasteiger partial charge in [0.25, 0.3) is 0 Å². The number of nitrogens with zero attached hydrogens (tertiary/aromatic N) is 1. The summed E-state index contributed by atoms with van der Waals surface area (Å²) in [7, 11) is 3.24. The molecule has 4 nitrogen and oxygen atoms in total. The van der Waals surface area contributed by atoms with Gasteiger partial charge in [0.15, 0.2) is 5.78 Å². The normalized spacial score (nSPS) is 23.1. The zero-order valence-corrected chi connectivity index (χ0v) is 8.78. The van der Waals surface area contributed by atoms with E-state index in [1.165, 1.54) is 7.11 Å². The molecule has 1 rings (SSSR count). The molecule has 0 aromatic rings. The van der Waals surface area contributed by atoms with Gasteiger partial charge in [-0.25, -0.2) is 0 Å². The second-order valence-corrected chi connectivity index (χ2v) is 3.71. The van der Waals surface area contributed by atoms with Crippen molar-refractivity contribution in [1.82, 2.24) is 4.90 Å². The van der Waals surface area contributed by atoms with Gasteiger partial charge in [0, 0.05) is 0 Å². The third kappa shape index (κ3) is 2.80. The number of methoxy groups -OCH3 is 1. The molecule has 0 amide bonds. The van der Waals surface area contributed by atoms with Crippen LogP contribution < -0.4 is 0 Å². The third-order valence-corrected chi connectivity index (χ3v) is 2.69. The predicted octanol–water partition coefficient (Wildman–Crippen LogP) is 0.603. The Balaban J connectivity index is 2.46. The topological polar surface area (TPSA) is 46.6 Å². The number of likely N-dealkylation sites (N-methyl/N-ethyl adjacent to an activating group) is 1. The molecule has 0 radical (unpaired) electrons. The van der Waals surface area contributed by atoms with Crippen molar-refractivity contribution in [2.24, 2.45) is 0 Å². The van der Waals surface area contributed by atoms with Gasteiger partial charge in [-0.1, -0.05) is 6.42 Å². The van der Waals surface area contributed by atoms with Gasteiger partial charge >= 0.3 is 5.97 Å². The van der Waals surface area contributed by atoms with E-state index in [-0.39, 0.29) is 18.2 Å². The lowest BCUT2D eigenvalue weighted by Crippen LogP contribution is -2.42. The Bertz CT molecular complexity index is 227. The van der Waals surface area contributed by atoms with Crippen molar-refractivity contribution in [3.8, 4) is 0 Å². The van der Waals surface area contributed by atoms with Crippen LogP contribution in [-0.2, 0) is 14.3 Å². The number of carbonyl (C=O) groups excluding carboxylic acids is 2. The molecule has 1 fully saturated rings. The summed E-state index contributed by atoms with van der Waals surface area (Å²) in [6.07, 6.45) is 2.98. The lowest BCUT2D eigenvalue weighted by molar-refractivity contribution is -0.144. The highest BCUT2D eigenvalue weighted by atomic mass is 16.5. The molecule has 0 aliphatic carbocycles. The smallest absolute Gasteiger partial charge is 0.313 e. The number of likely N-dealkylation sites (tertiary alicyclic amines) is 1. The summed E-state index contributed by atoms with van der Waals surface area (Å²) in [6.45, 7) is 0.942. The highest BCUT2D eigenvalue weighted by Crippen LogP contribution is 2.16. The highest BCUT2D eigenvalue weighted by molar-refractivity contribution is 5.98. The Kier molecular flexibility index (Phi) is 4.07. The molecular formula is C10H17NO3. The van der Waals surface area contributed by atoms with E-state index >= 15 is 0 Å². The molecule has 1 atom stereocenters. The average Bonchev–Trinajstić information content (AvgIpc) is 2.18. The van der Waals surface area contributed by atoms with Crippen molar-refractivity contribution >= 4 is 11.8 Å². The summed E-state index contributed by atoms with van der Waals surface area (Å²) < 4.78 is 4.47. The molecule has 0 aromatic carbocycles. The minimum atomic E-state index is -0.436. The van der Waals surface area contributed by atoms with Crippen LogP contribution in [0.3, 0.4) is 0 Å². The number of rotatable bonds is 3. The van der Waals surface area contributed by atoms with Crippen LogP contribution in [0.2, 0.25) is 0 Å². The van der Waals surface area contributed by atoms with Crippen LogP contribution in [0, 0.1) is 0 Å². The lowest BCUT2D eigenvalue weighted by Gasteiger charge is -2.30. The molecule has 4 heteroatoms. The van der Waals surface area contributed by atoms with Gasteiger partial charge in [0.2, 0.25) is 0 Å². The van der Waals surface area contributed by atoms with E-state index in [1.807, 2.05) is 11.9 Å². The largest absolute Gasteiger partial charge is 0.469 e. The first-order chi connectivity index (χ1) is 6.65. The molecule has 0 aromatic heterocycles. The van der Waals surface area contributed by atoms with Gasteiger partial charge in [-0.3, -0.25) is 14.5 Å². The Morgan fingerprint density at radius 1 is 1.43 bits per heavy atom. The van der Waals surface area contributed by atoms with E-state index in [2.05, 4.69) is 4.74 Å².